The molecule has 1 saturated heterocycles. The summed E-state index contributed by atoms with van der Waals surface area (Å²) in [5.74, 6) is -0.879. The van der Waals surface area contributed by atoms with Gasteiger partial charge in [0.1, 0.15) is 71.8 Å². The fourth-order valence-corrected chi connectivity index (χ4v) is 4.67. The van der Waals surface area contributed by atoms with Crippen LogP contribution in [0.1, 0.15) is 42.3 Å². The largest absolute Gasteiger partial charge is 0.508 e. The van der Waals surface area contributed by atoms with Gasteiger partial charge in [-0.2, -0.15) is 0 Å². The Kier molecular flexibility index (Phi) is 10.2. The normalized spacial score (nSPS) is 28.7. The number of benzene rings is 2. The van der Waals surface area contributed by atoms with Gasteiger partial charge in [0.15, 0.2) is 12.1 Å². The first kappa shape index (κ1) is 31.9. The van der Waals surface area contributed by atoms with Crippen LogP contribution in [0.2, 0.25) is 0 Å². The number of ketones is 1. The molecule has 1 fully saturated rings. The molecule has 232 valence electrons. The van der Waals surface area contributed by atoms with E-state index in [0.717, 1.165) is 6.07 Å². The number of aliphatic hydroxyl groups excluding tert-OH is 6. The second-order valence-electron chi connectivity index (χ2n) is 10.3. The lowest BCUT2D eigenvalue weighted by Crippen LogP contribution is -2.57. The monoisotopic (exact) mass is 596 g/mol. The van der Waals surface area contributed by atoms with Gasteiger partial charge in [-0.25, -0.2) is 0 Å². The zero-order valence-corrected chi connectivity index (χ0v) is 22.9. The van der Waals surface area contributed by atoms with E-state index in [1.54, 1.807) is 12.1 Å². The maximum atomic E-state index is 12.9. The lowest BCUT2D eigenvalue weighted by Gasteiger charge is -2.39. The molecule has 14 nitrogen and oxygen atoms in total. The Morgan fingerprint density at radius 3 is 2.36 bits per heavy atom. The lowest BCUT2D eigenvalue weighted by molar-refractivity contribution is -0.307. The third-order valence-electron chi connectivity index (χ3n) is 7.09. The summed E-state index contributed by atoms with van der Waals surface area (Å²) in [6, 6.07) is 8.55. The molecule has 4 rings (SSSR count). The first-order chi connectivity index (χ1) is 19.9. The van der Waals surface area contributed by atoms with E-state index >= 15 is 0 Å². The van der Waals surface area contributed by atoms with Gasteiger partial charge in [-0.05, 0) is 31.5 Å². The van der Waals surface area contributed by atoms with Gasteiger partial charge in [0.05, 0.1) is 25.2 Å². The predicted molar refractivity (Wildman–Crippen MR) is 141 cm³/mol. The summed E-state index contributed by atoms with van der Waals surface area (Å²) in [6.07, 6.45) is -13.4. The highest BCUT2D eigenvalue weighted by atomic mass is 16.7. The minimum Gasteiger partial charge on any atom is -0.508 e. The number of hydrogen-bond acceptors (Lipinski definition) is 14. The number of ether oxygens (including phenoxy) is 5. The first-order valence-corrected chi connectivity index (χ1v) is 13.4. The van der Waals surface area contributed by atoms with Crippen LogP contribution in [0.15, 0.2) is 36.4 Å². The Labute approximate surface area is 240 Å². The fraction of sp³-hybridized carbons (Fsp3) is 0.536. The maximum absolute atomic E-state index is 12.9. The second-order valence-corrected chi connectivity index (χ2v) is 10.3. The Morgan fingerprint density at radius 1 is 1.02 bits per heavy atom. The number of Topliss-reactive ketones (excluding diaryl/α,β-unsaturated/α-hetero) is 1. The van der Waals surface area contributed by atoms with Crippen molar-refractivity contribution in [1.82, 2.24) is 0 Å². The van der Waals surface area contributed by atoms with Crippen LogP contribution in [0.4, 0.5) is 0 Å². The smallest absolute Gasteiger partial charge is 0.224 e. The van der Waals surface area contributed by atoms with Gasteiger partial charge in [0.2, 0.25) is 6.29 Å². The van der Waals surface area contributed by atoms with Crippen molar-refractivity contribution in [3.8, 4) is 23.0 Å². The van der Waals surface area contributed by atoms with Gasteiger partial charge in [0, 0.05) is 12.1 Å². The van der Waals surface area contributed by atoms with Crippen molar-refractivity contribution in [2.24, 2.45) is 0 Å². The number of aromatic hydroxyl groups is 2. The quantitative estimate of drug-likeness (QED) is 0.153. The van der Waals surface area contributed by atoms with Gasteiger partial charge >= 0.3 is 0 Å². The minimum atomic E-state index is -1.64. The molecule has 0 bridgehead atoms. The first-order valence-electron chi connectivity index (χ1n) is 13.4. The minimum absolute atomic E-state index is 0.00122. The van der Waals surface area contributed by atoms with Crippen LogP contribution < -0.4 is 9.47 Å². The molecule has 2 aliphatic heterocycles. The Hall–Kier alpha value is -3.05. The summed E-state index contributed by atoms with van der Waals surface area (Å²) in [6.45, 7) is 1.47. The molecule has 2 aromatic carbocycles. The number of rotatable bonds is 11. The fourth-order valence-electron chi connectivity index (χ4n) is 4.67. The number of fused-ring (bicyclic) bond motifs is 1. The lowest BCUT2D eigenvalue weighted by atomic mass is 9.95. The molecule has 14 heteroatoms. The van der Waals surface area contributed by atoms with Crippen LogP contribution in [0.3, 0.4) is 0 Å². The molecule has 2 aliphatic rings. The molecule has 0 radical (unpaired) electrons. The van der Waals surface area contributed by atoms with E-state index in [9.17, 15) is 45.6 Å². The number of carbonyl (C=O) groups is 1. The van der Waals surface area contributed by atoms with E-state index in [0.29, 0.717) is 5.56 Å². The summed E-state index contributed by atoms with van der Waals surface area (Å²) in [7, 11) is 0. The van der Waals surface area contributed by atoms with Crippen molar-refractivity contribution >= 4 is 5.78 Å². The van der Waals surface area contributed by atoms with Crippen LogP contribution in [0.5, 0.6) is 23.0 Å². The standard InChI is InChI=1S/C28H36O14/c1-12(30)24(34)21(10-29)42-22(11-38-28-27(37)26(36)25(35)13(2)39-28)40-16-7-17(32)23-18(33)9-19(41-20(23)8-16)14-3-5-15(31)6-4-14/h3-8,12-13,19,21-22,24-32,34-37H,9-11H2,1-2H3/t12?,13-,19?,21?,22+,24-,25-,26?,27?,28+/m0/s1. The second kappa shape index (κ2) is 13.5. The SMILES string of the molecule is CC(O)[C@H](O)C(CO)O[C@H](CO[C@@H]1O[C@@H](C)[C@H](O)C(O)C1O)Oc1cc(O)c2c(c1)OC(c1ccc(O)cc1)CC2=O. The van der Waals surface area contributed by atoms with E-state index in [2.05, 4.69) is 0 Å². The van der Waals surface area contributed by atoms with Gasteiger partial charge in [-0.15, -0.1) is 0 Å². The van der Waals surface area contributed by atoms with Gasteiger partial charge in [-0.3, -0.25) is 4.79 Å². The molecule has 2 aromatic rings. The number of phenolic OH excluding ortho intramolecular Hbond substituents is 2. The summed E-state index contributed by atoms with van der Waals surface area (Å²) in [5.41, 5.74) is 0.543. The van der Waals surface area contributed by atoms with Crippen molar-refractivity contribution in [3.63, 3.8) is 0 Å². The summed E-state index contributed by atoms with van der Waals surface area (Å²) in [4.78, 5) is 12.9. The molecule has 5 unspecified atom stereocenters. The van der Waals surface area contributed by atoms with E-state index in [4.69, 9.17) is 23.7 Å². The van der Waals surface area contributed by atoms with Gasteiger partial charge < -0.3 is 64.5 Å². The van der Waals surface area contributed by atoms with Crippen molar-refractivity contribution in [2.45, 2.75) is 81.7 Å². The predicted octanol–water partition coefficient (Wildman–Crippen LogP) is -0.527. The summed E-state index contributed by atoms with van der Waals surface area (Å²) < 4.78 is 28.5. The van der Waals surface area contributed by atoms with Crippen molar-refractivity contribution < 1.29 is 69.3 Å². The number of carbonyl (C=O) groups excluding carboxylic acids is 1. The summed E-state index contributed by atoms with van der Waals surface area (Å²) in [5, 5.41) is 80.4. The molecule has 0 amide bonds. The topological polar surface area (TPSA) is 225 Å². The van der Waals surface area contributed by atoms with Gasteiger partial charge in [-0.1, -0.05) is 12.1 Å². The molecule has 0 aliphatic carbocycles. The maximum Gasteiger partial charge on any atom is 0.224 e. The molecular formula is C28H36O14. The molecule has 0 aromatic heterocycles. The van der Waals surface area contributed by atoms with Crippen LogP contribution >= 0.6 is 0 Å². The third-order valence-corrected chi connectivity index (χ3v) is 7.09. The molecule has 10 atom stereocenters. The number of aliphatic hydroxyl groups is 6. The molecule has 2 heterocycles. The molecule has 0 spiro atoms. The van der Waals surface area contributed by atoms with E-state index < -0.39 is 86.2 Å². The highest BCUT2D eigenvalue weighted by Gasteiger charge is 2.43. The number of hydrogen-bond donors (Lipinski definition) is 8. The van der Waals surface area contributed by atoms with E-state index in [-0.39, 0.29) is 29.2 Å². The highest BCUT2D eigenvalue weighted by Crippen LogP contribution is 2.42. The highest BCUT2D eigenvalue weighted by molar-refractivity contribution is 6.02. The molecule has 0 saturated carbocycles. The average Bonchev–Trinajstić information content (AvgIpc) is 2.95. The van der Waals surface area contributed by atoms with Crippen LogP contribution in [0.25, 0.3) is 0 Å². The Balaban J connectivity index is 1.57. The zero-order valence-electron chi connectivity index (χ0n) is 22.9. The Bertz CT molecular complexity index is 1200. The average molecular weight is 597 g/mol. The third kappa shape index (κ3) is 7.11. The van der Waals surface area contributed by atoms with Crippen molar-refractivity contribution in [3.05, 3.63) is 47.5 Å². The molecule has 8 N–H and O–H groups in total. The summed E-state index contributed by atoms with van der Waals surface area (Å²) >= 11 is 0. The van der Waals surface area contributed by atoms with E-state index in [1.807, 2.05) is 0 Å². The molecule has 42 heavy (non-hydrogen) atoms. The van der Waals surface area contributed by atoms with Crippen LogP contribution in [-0.2, 0) is 14.2 Å². The number of phenols is 2. The molecular weight excluding hydrogens is 560 g/mol. The van der Waals surface area contributed by atoms with Crippen molar-refractivity contribution in [2.75, 3.05) is 13.2 Å². The van der Waals surface area contributed by atoms with E-state index in [1.165, 1.54) is 32.0 Å². The van der Waals surface area contributed by atoms with Crippen molar-refractivity contribution in [1.29, 1.82) is 0 Å². The van der Waals surface area contributed by atoms with Crippen LogP contribution in [0, 0.1) is 0 Å². The Morgan fingerprint density at radius 2 is 1.71 bits per heavy atom. The van der Waals surface area contributed by atoms with Crippen LogP contribution in [-0.4, -0.2) is 115 Å². The van der Waals surface area contributed by atoms with Gasteiger partial charge in [0.25, 0.3) is 0 Å². The zero-order chi connectivity index (χ0) is 30.7.